The van der Waals surface area contributed by atoms with E-state index >= 15 is 0 Å². The van der Waals surface area contributed by atoms with E-state index in [4.69, 9.17) is 10.5 Å². The maximum atomic E-state index is 5.79. The highest BCUT2D eigenvalue weighted by atomic mass is 16.5. The van der Waals surface area contributed by atoms with E-state index < -0.39 is 0 Å². The van der Waals surface area contributed by atoms with E-state index in [9.17, 15) is 0 Å². The predicted molar refractivity (Wildman–Crippen MR) is 50.5 cm³/mol. The van der Waals surface area contributed by atoms with Gasteiger partial charge < -0.3 is 10.5 Å². The van der Waals surface area contributed by atoms with Gasteiger partial charge in [0, 0.05) is 18.4 Å². The third-order valence-electron chi connectivity index (χ3n) is 2.38. The first-order valence-electron chi connectivity index (χ1n) is 4.67. The highest BCUT2D eigenvalue weighted by Crippen LogP contribution is 2.22. The standard InChI is InChI=1S/C10H14N2O/c11-8-1-2-10(7-8)13-9-3-5-12-6-4-9/h3-6,8,10H,1-2,7,11H2. The molecule has 1 fully saturated rings. The van der Waals surface area contributed by atoms with E-state index in [-0.39, 0.29) is 0 Å². The van der Waals surface area contributed by atoms with Crippen LogP contribution in [0.1, 0.15) is 19.3 Å². The van der Waals surface area contributed by atoms with Gasteiger partial charge in [-0.2, -0.15) is 0 Å². The molecule has 0 aliphatic heterocycles. The number of aromatic nitrogens is 1. The summed E-state index contributed by atoms with van der Waals surface area (Å²) >= 11 is 0. The predicted octanol–water partition coefficient (Wildman–Crippen LogP) is 1.34. The molecule has 70 valence electrons. The molecule has 13 heavy (non-hydrogen) atoms. The first kappa shape index (κ1) is 8.51. The minimum absolute atomic E-state index is 0.303. The van der Waals surface area contributed by atoms with Crippen LogP contribution in [0.15, 0.2) is 24.5 Å². The molecule has 1 aliphatic carbocycles. The van der Waals surface area contributed by atoms with Gasteiger partial charge in [0.25, 0.3) is 0 Å². The van der Waals surface area contributed by atoms with Crippen LogP contribution in [0.5, 0.6) is 5.75 Å². The molecule has 0 saturated heterocycles. The van der Waals surface area contributed by atoms with Gasteiger partial charge >= 0.3 is 0 Å². The van der Waals surface area contributed by atoms with E-state index in [1.807, 2.05) is 12.1 Å². The molecule has 2 N–H and O–H groups in total. The van der Waals surface area contributed by atoms with E-state index in [2.05, 4.69) is 4.98 Å². The molecule has 2 unspecified atom stereocenters. The Kier molecular flexibility index (Phi) is 2.45. The van der Waals surface area contributed by atoms with Gasteiger partial charge in [0.05, 0.1) is 0 Å². The molecule has 0 radical (unpaired) electrons. The van der Waals surface area contributed by atoms with Crippen molar-refractivity contribution in [2.75, 3.05) is 0 Å². The fourth-order valence-electron chi connectivity index (χ4n) is 1.69. The zero-order valence-corrected chi connectivity index (χ0v) is 7.52. The van der Waals surface area contributed by atoms with Crippen LogP contribution in [0.2, 0.25) is 0 Å². The lowest BCUT2D eigenvalue weighted by Crippen LogP contribution is -2.19. The molecule has 3 nitrogen and oxygen atoms in total. The Balaban J connectivity index is 1.92. The Bertz CT molecular complexity index is 263. The summed E-state index contributed by atoms with van der Waals surface area (Å²) in [5, 5.41) is 0. The summed E-state index contributed by atoms with van der Waals surface area (Å²) in [6.45, 7) is 0. The largest absolute Gasteiger partial charge is 0.490 e. The van der Waals surface area contributed by atoms with Crippen molar-refractivity contribution in [2.45, 2.75) is 31.4 Å². The summed E-state index contributed by atoms with van der Waals surface area (Å²) in [4.78, 5) is 3.93. The van der Waals surface area contributed by atoms with Gasteiger partial charge in [0.1, 0.15) is 11.9 Å². The molecule has 2 atom stereocenters. The Hall–Kier alpha value is -1.09. The number of rotatable bonds is 2. The van der Waals surface area contributed by atoms with Crippen molar-refractivity contribution in [3.8, 4) is 5.75 Å². The second-order valence-electron chi connectivity index (χ2n) is 3.50. The van der Waals surface area contributed by atoms with Gasteiger partial charge in [-0.1, -0.05) is 0 Å². The molecule has 1 saturated carbocycles. The minimum Gasteiger partial charge on any atom is -0.490 e. The minimum atomic E-state index is 0.303. The molecule has 1 aliphatic rings. The summed E-state index contributed by atoms with van der Waals surface area (Å²) in [5.41, 5.74) is 5.79. The number of nitrogens with zero attached hydrogens (tertiary/aromatic N) is 1. The quantitative estimate of drug-likeness (QED) is 0.743. The van der Waals surface area contributed by atoms with Crippen LogP contribution in [0, 0.1) is 0 Å². The van der Waals surface area contributed by atoms with E-state index in [1.54, 1.807) is 12.4 Å². The van der Waals surface area contributed by atoms with E-state index in [0.717, 1.165) is 25.0 Å². The third kappa shape index (κ3) is 2.18. The van der Waals surface area contributed by atoms with Gasteiger partial charge in [0.2, 0.25) is 0 Å². The summed E-state index contributed by atoms with van der Waals surface area (Å²) in [7, 11) is 0. The van der Waals surface area contributed by atoms with Crippen molar-refractivity contribution in [1.82, 2.24) is 4.98 Å². The molecular formula is C10H14N2O. The fourth-order valence-corrected chi connectivity index (χ4v) is 1.69. The van der Waals surface area contributed by atoms with Crippen molar-refractivity contribution in [2.24, 2.45) is 5.73 Å². The van der Waals surface area contributed by atoms with Crippen LogP contribution in [-0.4, -0.2) is 17.1 Å². The molecule has 0 bridgehead atoms. The molecule has 0 aromatic carbocycles. The number of ether oxygens (including phenoxy) is 1. The summed E-state index contributed by atoms with van der Waals surface area (Å²) in [6.07, 6.45) is 6.91. The lowest BCUT2D eigenvalue weighted by atomic mass is 10.3. The van der Waals surface area contributed by atoms with Crippen LogP contribution in [0.25, 0.3) is 0 Å². The maximum absolute atomic E-state index is 5.79. The summed E-state index contributed by atoms with van der Waals surface area (Å²) in [6, 6.07) is 4.08. The van der Waals surface area contributed by atoms with Crippen LogP contribution < -0.4 is 10.5 Å². The summed E-state index contributed by atoms with van der Waals surface area (Å²) in [5.74, 6) is 0.897. The van der Waals surface area contributed by atoms with Crippen LogP contribution in [0.4, 0.5) is 0 Å². The average Bonchev–Trinajstić information content (AvgIpc) is 2.53. The van der Waals surface area contributed by atoms with Crippen LogP contribution >= 0.6 is 0 Å². The number of hydrogen-bond acceptors (Lipinski definition) is 3. The number of pyridine rings is 1. The Morgan fingerprint density at radius 1 is 1.31 bits per heavy atom. The molecule has 1 aromatic rings. The van der Waals surface area contributed by atoms with Crippen molar-refractivity contribution >= 4 is 0 Å². The molecule has 1 heterocycles. The van der Waals surface area contributed by atoms with E-state index in [0.29, 0.717) is 12.1 Å². The Morgan fingerprint density at radius 3 is 2.69 bits per heavy atom. The van der Waals surface area contributed by atoms with Gasteiger partial charge in [0.15, 0.2) is 0 Å². The maximum Gasteiger partial charge on any atom is 0.122 e. The fraction of sp³-hybridized carbons (Fsp3) is 0.500. The van der Waals surface area contributed by atoms with E-state index in [1.165, 1.54) is 0 Å². The second-order valence-corrected chi connectivity index (χ2v) is 3.50. The van der Waals surface area contributed by atoms with Gasteiger partial charge in [-0.15, -0.1) is 0 Å². The Morgan fingerprint density at radius 2 is 2.08 bits per heavy atom. The zero-order chi connectivity index (χ0) is 9.10. The summed E-state index contributed by atoms with van der Waals surface area (Å²) < 4.78 is 5.73. The topological polar surface area (TPSA) is 48.1 Å². The monoisotopic (exact) mass is 178 g/mol. The first-order chi connectivity index (χ1) is 6.34. The van der Waals surface area contributed by atoms with Crippen LogP contribution in [0.3, 0.4) is 0 Å². The highest BCUT2D eigenvalue weighted by molar-refractivity contribution is 5.17. The average molecular weight is 178 g/mol. The molecule has 1 aromatic heterocycles. The lowest BCUT2D eigenvalue weighted by Gasteiger charge is -2.12. The molecule has 2 rings (SSSR count). The van der Waals surface area contributed by atoms with Crippen molar-refractivity contribution in [1.29, 1.82) is 0 Å². The van der Waals surface area contributed by atoms with Crippen molar-refractivity contribution < 1.29 is 4.74 Å². The number of nitrogens with two attached hydrogens (primary N) is 1. The third-order valence-corrected chi connectivity index (χ3v) is 2.38. The number of hydrogen-bond donors (Lipinski definition) is 1. The molecule has 0 amide bonds. The second kappa shape index (κ2) is 3.75. The highest BCUT2D eigenvalue weighted by Gasteiger charge is 2.22. The van der Waals surface area contributed by atoms with Crippen molar-refractivity contribution in [3.05, 3.63) is 24.5 Å². The molecule has 3 heteroatoms. The zero-order valence-electron chi connectivity index (χ0n) is 7.52. The van der Waals surface area contributed by atoms with Gasteiger partial charge in [-0.25, -0.2) is 0 Å². The smallest absolute Gasteiger partial charge is 0.122 e. The van der Waals surface area contributed by atoms with Gasteiger partial charge in [-0.3, -0.25) is 4.98 Å². The van der Waals surface area contributed by atoms with Crippen molar-refractivity contribution in [3.63, 3.8) is 0 Å². The normalized spacial score (nSPS) is 27.5. The molecular weight excluding hydrogens is 164 g/mol. The first-order valence-corrected chi connectivity index (χ1v) is 4.67. The Labute approximate surface area is 77.9 Å². The van der Waals surface area contributed by atoms with Crippen LogP contribution in [-0.2, 0) is 0 Å². The SMILES string of the molecule is NC1CCC(Oc2ccncc2)C1. The molecule has 0 spiro atoms. The van der Waals surface area contributed by atoms with Gasteiger partial charge in [-0.05, 0) is 31.4 Å². The lowest BCUT2D eigenvalue weighted by molar-refractivity contribution is 0.208.